The highest BCUT2D eigenvalue weighted by Crippen LogP contribution is 2.40. The number of aliphatic hydroxyl groups excluding tert-OH is 5. The van der Waals surface area contributed by atoms with Crippen LogP contribution in [0, 0.1) is 0 Å². The van der Waals surface area contributed by atoms with Crippen molar-refractivity contribution in [1.29, 1.82) is 0 Å². The zero-order chi connectivity index (χ0) is 31.1. The molecule has 43 heavy (non-hydrogen) atoms. The summed E-state index contributed by atoms with van der Waals surface area (Å²) in [4.78, 5) is 27.0. The van der Waals surface area contributed by atoms with Crippen LogP contribution in [0.25, 0.3) is 22.1 Å². The lowest BCUT2D eigenvalue weighted by Crippen LogP contribution is -2.44. The standard InChI is InChI=1S/C12H14N4O6.C12H16N4O5/c17-2-5-1-16(11-7(5)10(15-21)13-4-14-11)12-9(20)8(19)6(3-18)22-12;1-12(19)8(18)7(4-17)21-11(12)16-3-2-6-9(15-20)13-5-14-10(6)16/h1-2,4,6,8-9,12,18-21H,3H2,(H,13,14,15);2-3,5,7-8,11,17-20H,4H2,1H3,(H,13,14,15)/t;7?,8?,11?,12-/m.1/s1. The van der Waals surface area contributed by atoms with Crippen LogP contribution < -0.4 is 11.0 Å². The number of carbonyl (C=O) groups excluding carboxylic acids is 1. The second-order valence-electron chi connectivity index (χ2n) is 10.0. The zero-order valence-electron chi connectivity index (χ0n) is 22.4. The molecule has 0 amide bonds. The molecule has 6 heterocycles. The summed E-state index contributed by atoms with van der Waals surface area (Å²) >= 11 is 0. The predicted octanol–water partition coefficient (Wildman–Crippen LogP) is -2.11. The number of nitrogens with one attached hydrogen (secondary N) is 2. The molecule has 19 heteroatoms. The fourth-order valence-electron chi connectivity index (χ4n) is 5.23. The van der Waals surface area contributed by atoms with Gasteiger partial charge in [0.15, 0.2) is 30.4 Å². The van der Waals surface area contributed by atoms with Gasteiger partial charge < -0.3 is 49.2 Å². The Morgan fingerprint density at radius 2 is 1.58 bits per heavy atom. The maximum absolute atomic E-state index is 11.2. The van der Waals surface area contributed by atoms with Crippen LogP contribution in [0.2, 0.25) is 0 Å². The number of carbonyl (C=O) groups is 1. The van der Waals surface area contributed by atoms with E-state index in [0.29, 0.717) is 17.3 Å². The molecule has 0 bridgehead atoms. The topological polar surface area (TPSA) is 283 Å². The van der Waals surface area contributed by atoms with Gasteiger partial charge in [-0.3, -0.25) is 26.2 Å². The van der Waals surface area contributed by atoms with Crippen LogP contribution in [-0.2, 0) is 9.47 Å². The average Bonchev–Trinajstić information content (AvgIpc) is 3.75. The molecule has 4 aromatic rings. The predicted molar refractivity (Wildman–Crippen MR) is 142 cm³/mol. The van der Waals surface area contributed by atoms with Gasteiger partial charge in [-0.25, -0.2) is 19.9 Å². The molecule has 232 valence electrons. The van der Waals surface area contributed by atoms with E-state index in [-0.39, 0.29) is 28.2 Å². The summed E-state index contributed by atoms with van der Waals surface area (Å²) in [7, 11) is 0. The van der Waals surface area contributed by atoms with Gasteiger partial charge in [0.25, 0.3) is 0 Å². The van der Waals surface area contributed by atoms with E-state index in [1.54, 1.807) is 12.3 Å². The number of rotatable bonds is 7. The molecule has 2 fully saturated rings. The number of aliphatic hydroxyl groups is 6. The lowest BCUT2D eigenvalue weighted by Gasteiger charge is -2.27. The largest absolute Gasteiger partial charge is 0.394 e. The maximum Gasteiger partial charge on any atom is 0.167 e. The molecule has 4 aromatic heterocycles. The first-order valence-electron chi connectivity index (χ1n) is 12.8. The van der Waals surface area contributed by atoms with Crippen LogP contribution in [0.5, 0.6) is 0 Å². The van der Waals surface area contributed by atoms with Crippen LogP contribution in [0.15, 0.2) is 31.1 Å². The number of nitrogens with zero attached hydrogens (tertiary/aromatic N) is 6. The third-order valence-corrected chi connectivity index (χ3v) is 7.47. The van der Waals surface area contributed by atoms with Gasteiger partial charge >= 0.3 is 0 Å². The number of fused-ring (bicyclic) bond motifs is 2. The first-order valence-corrected chi connectivity index (χ1v) is 12.8. The molecule has 10 N–H and O–H groups in total. The molecule has 6 rings (SSSR count). The highest BCUT2D eigenvalue weighted by Gasteiger charge is 2.53. The highest BCUT2D eigenvalue weighted by molar-refractivity contribution is 6.01. The molecule has 2 aliphatic rings. The second kappa shape index (κ2) is 12.0. The number of ether oxygens (including phenoxy) is 2. The smallest absolute Gasteiger partial charge is 0.167 e. The molecule has 0 radical (unpaired) electrons. The summed E-state index contributed by atoms with van der Waals surface area (Å²) in [6.45, 7) is 0.550. The van der Waals surface area contributed by atoms with Crippen LogP contribution in [0.4, 0.5) is 11.6 Å². The van der Waals surface area contributed by atoms with Gasteiger partial charge in [-0.05, 0) is 13.0 Å². The van der Waals surface area contributed by atoms with Gasteiger partial charge in [0, 0.05) is 18.0 Å². The van der Waals surface area contributed by atoms with E-state index in [4.69, 9.17) is 25.0 Å². The van der Waals surface area contributed by atoms with E-state index in [1.165, 1.54) is 28.6 Å². The van der Waals surface area contributed by atoms with E-state index in [2.05, 4.69) is 19.9 Å². The van der Waals surface area contributed by atoms with E-state index < -0.39 is 61.8 Å². The highest BCUT2D eigenvalue weighted by atomic mass is 16.6. The van der Waals surface area contributed by atoms with E-state index in [1.807, 2.05) is 11.0 Å². The van der Waals surface area contributed by atoms with Gasteiger partial charge in [0.2, 0.25) is 0 Å². The Kier molecular flexibility index (Phi) is 8.54. The lowest BCUT2D eigenvalue weighted by molar-refractivity contribution is -0.0948. The Hall–Kier alpha value is -3.89. The molecule has 19 nitrogen and oxygen atoms in total. The summed E-state index contributed by atoms with van der Waals surface area (Å²) in [5.41, 5.74) is 3.05. The molecule has 0 aromatic carbocycles. The SMILES string of the molecule is C[C@@]1(O)C(O)C(CO)OC1n1ccc2c(NO)ncnc21.O=Cc1cn(C2OC(CO)C(O)C2O)c2ncnc(NO)c12. The van der Waals surface area contributed by atoms with Crippen LogP contribution in [0.3, 0.4) is 0 Å². The van der Waals surface area contributed by atoms with E-state index in [9.17, 15) is 30.3 Å². The molecule has 8 atom stereocenters. The second-order valence-corrected chi connectivity index (χ2v) is 10.0. The van der Waals surface area contributed by atoms with Gasteiger partial charge in [0.1, 0.15) is 60.1 Å². The van der Waals surface area contributed by atoms with Crippen LogP contribution >= 0.6 is 0 Å². The Morgan fingerprint density at radius 3 is 2.16 bits per heavy atom. The Morgan fingerprint density at radius 1 is 0.930 bits per heavy atom. The van der Waals surface area contributed by atoms with Crippen molar-refractivity contribution in [1.82, 2.24) is 29.1 Å². The van der Waals surface area contributed by atoms with Gasteiger partial charge in [0.05, 0.1) is 24.0 Å². The minimum atomic E-state index is -1.60. The molecular weight excluding hydrogens is 576 g/mol. The van der Waals surface area contributed by atoms with Crippen molar-refractivity contribution in [2.75, 3.05) is 24.2 Å². The van der Waals surface area contributed by atoms with Crippen molar-refractivity contribution in [2.45, 2.75) is 55.5 Å². The molecule has 2 saturated heterocycles. The molecule has 2 aliphatic heterocycles. The summed E-state index contributed by atoms with van der Waals surface area (Å²) in [6, 6.07) is 1.64. The summed E-state index contributed by atoms with van der Waals surface area (Å²) in [5.74, 6) is 0.244. The Labute approximate surface area is 241 Å². The maximum atomic E-state index is 11.2. The van der Waals surface area contributed by atoms with Gasteiger partial charge in [-0.2, -0.15) is 0 Å². The molecular formula is C24H30N8O11. The van der Waals surface area contributed by atoms with Crippen molar-refractivity contribution in [3.05, 3.63) is 36.7 Å². The molecule has 0 saturated carbocycles. The first kappa shape index (κ1) is 30.6. The minimum Gasteiger partial charge on any atom is -0.394 e. The van der Waals surface area contributed by atoms with E-state index >= 15 is 0 Å². The average molecular weight is 607 g/mol. The fraction of sp³-hybridized carbons (Fsp3) is 0.458. The third-order valence-electron chi connectivity index (χ3n) is 7.47. The number of hydrogen-bond acceptors (Lipinski definition) is 17. The molecule has 0 spiro atoms. The minimum absolute atomic E-state index is 0.0255. The van der Waals surface area contributed by atoms with Crippen molar-refractivity contribution >= 4 is 40.0 Å². The lowest BCUT2D eigenvalue weighted by atomic mass is 9.96. The Balaban J connectivity index is 0.000000171. The van der Waals surface area contributed by atoms with Gasteiger partial charge in [-0.15, -0.1) is 0 Å². The fourth-order valence-corrected chi connectivity index (χ4v) is 5.23. The third kappa shape index (κ3) is 5.06. The summed E-state index contributed by atoms with van der Waals surface area (Å²) in [5, 5.41) is 77.6. The van der Waals surface area contributed by atoms with Crippen molar-refractivity contribution in [3.8, 4) is 0 Å². The van der Waals surface area contributed by atoms with Gasteiger partial charge in [-0.1, -0.05) is 0 Å². The van der Waals surface area contributed by atoms with Crippen molar-refractivity contribution in [3.63, 3.8) is 0 Å². The van der Waals surface area contributed by atoms with Crippen molar-refractivity contribution in [2.24, 2.45) is 0 Å². The number of aldehydes is 1. The number of anilines is 2. The zero-order valence-corrected chi connectivity index (χ0v) is 22.4. The summed E-state index contributed by atoms with van der Waals surface area (Å²) in [6.07, 6.45) is -1.69. The first-order chi connectivity index (χ1) is 20.6. The number of aromatic nitrogens is 6. The molecule has 7 unspecified atom stereocenters. The van der Waals surface area contributed by atoms with Crippen LogP contribution in [-0.4, -0.2) is 126 Å². The Bertz CT molecular complexity index is 1600. The summed E-state index contributed by atoms with van der Waals surface area (Å²) < 4.78 is 13.8. The van der Waals surface area contributed by atoms with E-state index in [0.717, 1.165) is 6.33 Å². The normalized spacial score (nSPS) is 30.4. The monoisotopic (exact) mass is 606 g/mol. The van der Waals surface area contributed by atoms with Crippen molar-refractivity contribution < 1.29 is 55.3 Å². The van der Waals surface area contributed by atoms with Crippen LogP contribution in [0.1, 0.15) is 29.7 Å². The quantitative estimate of drug-likeness (QED) is 0.0795. The number of hydrogen-bond donors (Lipinski definition) is 10. The molecule has 0 aliphatic carbocycles.